The number of carbonyl (C=O) groups is 1. The normalized spacial score (nSPS) is 20.8. The number of hydrogen-bond donors (Lipinski definition) is 0. The maximum absolute atomic E-state index is 13.1. The minimum Gasteiger partial charge on any atom is -0.373 e. The van der Waals surface area contributed by atoms with Crippen LogP contribution in [0.2, 0.25) is 0 Å². The van der Waals surface area contributed by atoms with Gasteiger partial charge in [0.1, 0.15) is 5.82 Å². The highest BCUT2D eigenvalue weighted by molar-refractivity contribution is 7.09. The van der Waals surface area contributed by atoms with Crippen LogP contribution >= 0.6 is 11.3 Å². The second-order valence-electron chi connectivity index (χ2n) is 6.17. The van der Waals surface area contributed by atoms with Crippen LogP contribution in [0, 0.1) is 5.82 Å². The summed E-state index contributed by atoms with van der Waals surface area (Å²) in [6.45, 7) is 0.620. The zero-order valence-corrected chi connectivity index (χ0v) is 14.6. The molecule has 5 heteroatoms. The van der Waals surface area contributed by atoms with Crippen molar-refractivity contribution in [1.29, 1.82) is 0 Å². The second-order valence-corrected chi connectivity index (χ2v) is 7.21. The highest BCUT2D eigenvalue weighted by Gasteiger charge is 2.28. The molecule has 1 aromatic heterocycles. The van der Waals surface area contributed by atoms with Crippen molar-refractivity contribution in [1.82, 2.24) is 4.90 Å². The monoisotopic (exact) mass is 347 g/mol. The molecular weight excluding hydrogens is 325 g/mol. The summed E-state index contributed by atoms with van der Waals surface area (Å²) in [6.07, 6.45) is 2.87. The molecule has 1 aliphatic rings. The smallest absolute Gasteiger partial charge is 0.222 e. The maximum atomic E-state index is 13.1. The fraction of sp³-hybridized carbons (Fsp3) is 0.421. The molecule has 0 spiro atoms. The largest absolute Gasteiger partial charge is 0.373 e. The van der Waals surface area contributed by atoms with Crippen molar-refractivity contribution in [3.8, 4) is 0 Å². The summed E-state index contributed by atoms with van der Waals surface area (Å²) in [5, 5.41) is 2.04. The summed E-state index contributed by atoms with van der Waals surface area (Å²) < 4.78 is 18.9. The summed E-state index contributed by atoms with van der Waals surface area (Å²) in [7, 11) is 1.88. The maximum Gasteiger partial charge on any atom is 0.222 e. The van der Waals surface area contributed by atoms with E-state index >= 15 is 0 Å². The van der Waals surface area contributed by atoms with E-state index in [1.807, 2.05) is 23.4 Å². The molecule has 0 unspecified atom stereocenters. The molecule has 24 heavy (non-hydrogen) atoms. The number of halogens is 1. The first-order chi connectivity index (χ1) is 11.6. The number of rotatable bonds is 5. The second kappa shape index (κ2) is 7.90. The first-order valence-electron chi connectivity index (χ1n) is 8.28. The van der Waals surface area contributed by atoms with E-state index in [0.29, 0.717) is 13.0 Å². The standard InChI is InChI=1S/C19H22FNO2S/c1-21(19(22)9-8-17-3-2-12-24-17)16-10-11-23-18(13-16)14-4-6-15(20)7-5-14/h2-7,12,16,18H,8-11,13H2,1H3/t16-,18+/m1/s1. The predicted molar refractivity (Wildman–Crippen MR) is 93.5 cm³/mol. The first-order valence-corrected chi connectivity index (χ1v) is 9.16. The van der Waals surface area contributed by atoms with Crippen LogP contribution < -0.4 is 0 Å². The number of ether oxygens (including phenoxy) is 1. The topological polar surface area (TPSA) is 29.5 Å². The SMILES string of the molecule is CN(C(=O)CCc1cccs1)[C@@H]1CCO[C@H](c2ccc(F)cc2)C1. The number of carbonyl (C=O) groups excluding carboxylic acids is 1. The van der Waals surface area contributed by atoms with E-state index in [4.69, 9.17) is 4.74 Å². The van der Waals surface area contributed by atoms with E-state index in [0.717, 1.165) is 24.8 Å². The van der Waals surface area contributed by atoms with Crippen molar-refractivity contribution in [2.45, 2.75) is 37.8 Å². The summed E-state index contributed by atoms with van der Waals surface area (Å²) in [6, 6.07) is 10.7. The summed E-state index contributed by atoms with van der Waals surface area (Å²) >= 11 is 1.69. The number of thiophene rings is 1. The number of benzene rings is 1. The molecule has 1 aromatic carbocycles. The first kappa shape index (κ1) is 17.1. The Hall–Kier alpha value is -1.72. The molecule has 2 heterocycles. The third-order valence-electron chi connectivity index (χ3n) is 4.60. The molecule has 2 aromatic rings. The molecule has 0 radical (unpaired) electrons. The highest BCUT2D eigenvalue weighted by atomic mass is 32.1. The Labute approximate surface area is 146 Å². The van der Waals surface area contributed by atoms with Gasteiger partial charge in [0, 0.05) is 31.0 Å². The molecule has 3 nitrogen and oxygen atoms in total. The Bertz CT molecular complexity index is 657. The lowest BCUT2D eigenvalue weighted by atomic mass is 9.96. The molecule has 1 fully saturated rings. The zero-order chi connectivity index (χ0) is 16.9. The van der Waals surface area contributed by atoms with Crippen LogP contribution in [0.4, 0.5) is 4.39 Å². The zero-order valence-electron chi connectivity index (χ0n) is 13.8. The van der Waals surface area contributed by atoms with Gasteiger partial charge >= 0.3 is 0 Å². The fourth-order valence-corrected chi connectivity index (χ4v) is 3.81. The van der Waals surface area contributed by atoms with Crippen molar-refractivity contribution in [2.75, 3.05) is 13.7 Å². The molecule has 3 rings (SSSR count). The minimum absolute atomic E-state index is 0.0723. The molecule has 2 atom stereocenters. The van der Waals surface area contributed by atoms with Crippen LogP contribution in [0.15, 0.2) is 41.8 Å². The van der Waals surface area contributed by atoms with E-state index in [-0.39, 0.29) is 23.9 Å². The van der Waals surface area contributed by atoms with Crippen molar-refractivity contribution < 1.29 is 13.9 Å². The third-order valence-corrected chi connectivity index (χ3v) is 5.54. The van der Waals surface area contributed by atoms with Crippen LogP contribution in [0.1, 0.15) is 35.8 Å². The molecule has 0 aliphatic carbocycles. The van der Waals surface area contributed by atoms with E-state index in [1.165, 1.54) is 17.0 Å². The van der Waals surface area contributed by atoms with Gasteiger partial charge in [-0.3, -0.25) is 4.79 Å². The van der Waals surface area contributed by atoms with Crippen LogP contribution in [0.3, 0.4) is 0 Å². The quantitative estimate of drug-likeness (QED) is 0.811. The minimum atomic E-state index is -0.244. The van der Waals surface area contributed by atoms with E-state index in [2.05, 4.69) is 6.07 Å². The Kier molecular flexibility index (Phi) is 5.63. The van der Waals surface area contributed by atoms with E-state index in [1.54, 1.807) is 23.5 Å². The molecule has 1 aliphatic heterocycles. The Balaban J connectivity index is 1.56. The van der Waals surface area contributed by atoms with Crippen molar-refractivity contribution in [2.24, 2.45) is 0 Å². The van der Waals surface area contributed by atoms with Gasteiger partial charge in [0.15, 0.2) is 0 Å². The summed E-state index contributed by atoms with van der Waals surface area (Å²) in [5.74, 6) is -0.0693. The van der Waals surface area contributed by atoms with Gasteiger partial charge in [-0.05, 0) is 48.4 Å². The van der Waals surface area contributed by atoms with Gasteiger partial charge in [-0.1, -0.05) is 18.2 Å². The van der Waals surface area contributed by atoms with Gasteiger partial charge in [-0.15, -0.1) is 11.3 Å². The number of nitrogens with zero attached hydrogens (tertiary/aromatic N) is 1. The number of aryl methyl sites for hydroxylation is 1. The van der Waals surface area contributed by atoms with Crippen molar-refractivity contribution in [3.63, 3.8) is 0 Å². The Morgan fingerprint density at radius 1 is 1.33 bits per heavy atom. The van der Waals surface area contributed by atoms with Crippen LogP contribution in [-0.2, 0) is 16.0 Å². The summed E-state index contributed by atoms with van der Waals surface area (Å²) in [4.78, 5) is 15.6. The number of amides is 1. The van der Waals surface area contributed by atoms with E-state index < -0.39 is 0 Å². The van der Waals surface area contributed by atoms with E-state index in [9.17, 15) is 9.18 Å². The molecule has 0 N–H and O–H groups in total. The van der Waals surface area contributed by atoms with Crippen LogP contribution in [0.25, 0.3) is 0 Å². The molecular formula is C19H22FNO2S. The third kappa shape index (κ3) is 4.22. The Morgan fingerprint density at radius 2 is 2.12 bits per heavy atom. The highest BCUT2D eigenvalue weighted by Crippen LogP contribution is 2.30. The number of hydrogen-bond acceptors (Lipinski definition) is 3. The van der Waals surface area contributed by atoms with Gasteiger partial charge in [0.2, 0.25) is 5.91 Å². The van der Waals surface area contributed by atoms with Gasteiger partial charge in [-0.25, -0.2) is 4.39 Å². The molecule has 128 valence electrons. The Morgan fingerprint density at radius 3 is 2.83 bits per heavy atom. The van der Waals surface area contributed by atoms with Crippen LogP contribution in [0.5, 0.6) is 0 Å². The average molecular weight is 347 g/mol. The lowest BCUT2D eigenvalue weighted by molar-refractivity contribution is -0.135. The average Bonchev–Trinajstić information content (AvgIpc) is 3.13. The molecule has 0 bridgehead atoms. The van der Waals surface area contributed by atoms with Gasteiger partial charge < -0.3 is 9.64 Å². The lowest BCUT2D eigenvalue weighted by Crippen LogP contribution is -2.41. The molecule has 1 saturated heterocycles. The van der Waals surface area contributed by atoms with Gasteiger partial charge in [-0.2, -0.15) is 0 Å². The predicted octanol–water partition coefficient (Wildman–Crippen LogP) is 4.20. The molecule has 0 saturated carbocycles. The van der Waals surface area contributed by atoms with Crippen molar-refractivity contribution >= 4 is 17.2 Å². The lowest BCUT2D eigenvalue weighted by Gasteiger charge is -2.35. The van der Waals surface area contributed by atoms with Crippen LogP contribution in [-0.4, -0.2) is 30.5 Å². The van der Waals surface area contributed by atoms with Gasteiger partial charge in [0.25, 0.3) is 0 Å². The van der Waals surface area contributed by atoms with Gasteiger partial charge in [0.05, 0.1) is 6.10 Å². The van der Waals surface area contributed by atoms with Crippen molar-refractivity contribution in [3.05, 3.63) is 58.0 Å². The molecule has 1 amide bonds. The fourth-order valence-electron chi connectivity index (χ4n) is 3.11. The summed E-state index contributed by atoms with van der Waals surface area (Å²) in [5.41, 5.74) is 0.973.